The minimum Gasteiger partial charge on any atom is -0.310 e. The van der Waals surface area contributed by atoms with Gasteiger partial charge in [0.2, 0.25) is 0 Å². The van der Waals surface area contributed by atoms with E-state index in [9.17, 15) is 0 Å². The first-order valence-corrected chi connectivity index (χ1v) is 6.82. The molecule has 1 heterocycles. The van der Waals surface area contributed by atoms with Gasteiger partial charge in [-0.25, -0.2) is 0 Å². The summed E-state index contributed by atoms with van der Waals surface area (Å²) in [4.78, 5) is 0. The van der Waals surface area contributed by atoms with Crippen LogP contribution in [0.5, 0.6) is 0 Å². The van der Waals surface area contributed by atoms with Gasteiger partial charge >= 0.3 is 0 Å². The van der Waals surface area contributed by atoms with Crippen molar-refractivity contribution < 1.29 is 0 Å². The summed E-state index contributed by atoms with van der Waals surface area (Å²) in [5, 5.41) is 12.4. The van der Waals surface area contributed by atoms with E-state index in [4.69, 9.17) is 11.6 Å². The Morgan fingerprint density at radius 1 is 1.42 bits per heavy atom. The van der Waals surface area contributed by atoms with Crippen LogP contribution in [0.25, 0.3) is 0 Å². The van der Waals surface area contributed by atoms with Crippen molar-refractivity contribution in [3.8, 4) is 0 Å². The number of likely N-dealkylation sites (N-methyl/N-ethyl adjacent to an activating group) is 1. The van der Waals surface area contributed by atoms with Gasteiger partial charge in [0, 0.05) is 30.7 Å². The molecule has 0 aliphatic heterocycles. The largest absolute Gasteiger partial charge is 0.310 e. The van der Waals surface area contributed by atoms with Gasteiger partial charge in [0.05, 0.1) is 5.69 Å². The Labute approximate surface area is 118 Å². The van der Waals surface area contributed by atoms with Crippen molar-refractivity contribution >= 4 is 11.6 Å². The van der Waals surface area contributed by atoms with Crippen molar-refractivity contribution in [1.29, 1.82) is 0 Å². The number of benzene rings is 1. The van der Waals surface area contributed by atoms with E-state index in [2.05, 4.69) is 34.7 Å². The van der Waals surface area contributed by atoms with Crippen molar-refractivity contribution in [2.75, 3.05) is 6.54 Å². The zero-order chi connectivity index (χ0) is 13.8. The molecular weight excluding hydrogens is 260 g/mol. The van der Waals surface area contributed by atoms with Crippen LogP contribution in [0, 0.1) is 6.92 Å². The van der Waals surface area contributed by atoms with E-state index in [0.29, 0.717) is 0 Å². The van der Waals surface area contributed by atoms with Crippen LogP contribution in [0.15, 0.2) is 24.4 Å². The quantitative estimate of drug-likeness (QED) is 0.914. The van der Waals surface area contributed by atoms with Gasteiger partial charge in [-0.1, -0.05) is 35.9 Å². The normalized spacial score (nSPS) is 12.6. The SMILES string of the molecule is CCNC(Cc1cn(C)nn1)c1ccc(C)c(Cl)c1. The minimum absolute atomic E-state index is 0.208. The number of rotatable bonds is 5. The molecule has 0 aliphatic rings. The van der Waals surface area contributed by atoms with E-state index in [-0.39, 0.29) is 6.04 Å². The predicted molar refractivity (Wildman–Crippen MR) is 77.3 cm³/mol. The van der Waals surface area contributed by atoms with E-state index < -0.39 is 0 Å². The average molecular weight is 279 g/mol. The Bertz CT molecular complexity index is 550. The van der Waals surface area contributed by atoms with Crippen molar-refractivity contribution in [3.63, 3.8) is 0 Å². The fraction of sp³-hybridized carbons (Fsp3) is 0.429. The highest BCUT2D eigenvalue weighted by atomic mass is 35.5. The summed E-state index contributed by atoms with van der Waals surface area (Å²) in [6.45, 7) is 5.01. The summed E-state index contributed by atoms with van der Waals surface area (Å²) < 4.78 is 1.72. The highest BCUT2D eigenvalue weighted by Crippen LogP contribution is 2.23. The smallest absolute Gasteiger partial charge is 0.0845 e. The third kappa shape index (κ3) is 3.55. The zero-order valence-electron chi connectivity index (χ0n) is 11.5. The lowest BCUT2D eigenvalue weighted by Crippen LogP contribution is -2.23. The van der Waals surface area contributed by atoms with E-state index >= 15 is 0 Å². The number of aryl methyl sites for hydroxylation is 2. The number of nitrogens with one attached hydrogen (secondary N) is 1. The molecular formula is C14H19ClN4. The summed E-state index contributed by atoms with van der Waals surface area (Å²) >= 11 is 6.21. The molecule has 0 saturated heterocycles. The van der Waals surface area contributed by atoms with Gasteiger partial charge in [0.15, 0.2) is 0 Å². The van der Waals surface area contributed by atoms with Crippen LogP contribution in [-0.2, 0) is 13.5 Å². The third-order valence-corrected chi connectivity index (χ3v) is 3.52. The van der Waals surface area contributed by atoms with E-state index in [1.807, 2.05) is 26.2 Å². The lowest BCUT2D eigenvalue weighted by atomic mass is 10.0. The third-order valence-electron chi connectivity index (χ3n) is 3.11. The maximum atomic E-state index is 6.21. The minimum atomic E-state index is 0.208. The van der Waals surface area contributed by atoms with Crippen molar-refractivity contribution in [3.05, 3.63) is 46.2 Å². The second-order valence-corrected chi connectivity index (χ2v) is 5.11. The monoisotopic (exact) mass is 278 g/mol. The van der Waals surface area contributed by atoms with Crippen molar-refractivity contribution in [2.24, 2.45) is 7.05 Å². The Balaban J connectivity index is 2.21. The first-order chi connectivity index (χ1) is 9.10. The van der Waals surface area contributed by atoms with Gasteiger partial charge in [-0.05, 0) is 30.7 Å². The van der Waals surface area contributed by atoms with Gasteiger partial charge in [-0.2, -0.15) is 0 Å². The molecule has 5 heteroatoms. The lowest BCUT2D eigenvalue weighted by Gasteiger charge is -2.18. The van der Waals surface area contributed by atoms with Gasteiger partial charge in [-0.15, -0.1) is 5.10 Å². The Morgan fingerprint density at radius 2 is 2.21 bits per heavy atom. The molecule has 102 valence electrons. The van der Waals surface area contributed by atoms with Crippen LogP contribution in [0.1, 0.15) is 29.8 Å². The van der Waals surface area contributed by atoms with Crippen LogP contribution in [-0.4, -0.2) is 21.5 Å². The van der Waals surface area contributed by atoms with E-state index in [1.165, 1.54) is 5.56 Å². The van der Waals surface area contributed by atoms with Crippen molar-refractivity contribution in [2.45, 2.75) is 26.3 Å². The highest BCUT2D eigenvalue weighted by molar-refractivity contribution is 6.31. The number of nitrogens with zero attached hydrogens (tertiary/aromatic N) is 3. The molecule has 0 spiro atoms. The van der Waals surface area contributed by atoms with Crippen molar-refractivity contribution in [1.82, 2.24) is 20.3 Å². The van der Waals surface area contributed by atoms with Gasteiger partial charge in [-0.3, -0.25) is 4.68 Å². The Kier molecular flexibility index (Phi) is 4.56. The molecule has 0 bridgehead atoms. The lowest BCUT2D eigenvalue weighted by molar-refractivity contribution is 0.543. The average Bonchev–Trinajstić information content (AvgIpc) is 2.78. The molecule has 1 atom stereocenters. The van der Waals surface area contributed by atoms with Crippen LogP contribution >= 0.6 is 11.6 Å². The maximum absolute atomic E-state index is 6.21. The number of halogens is 1. The predicted octanol–water partition coefficient (Wildman–Crippen LogP) is 2.67. The Morgan fingerprint density at radius 3 is 2.79 bits per heavy atom. The second-order valence-electron chi connectivity index (χ2n) is 4.71. The maximum Gasteiger partial charge on any atom is 0.0845 e. The molecule has 0 fully saturated rings. The summed E-state index contributed by atoms with van der Waals surface area (Å²) in [7, 11) is 1.88. The molecule has 1 unspecified atom stereocenters. The molecule has 0 radical (unpaired) electrons. The van der Waals surface area contributed by atoms with Crippen LogP contribution in [0.2, 0.25) is 5.02 Å². The summed E-state index contributed by atoms with van der Waals surface area (Å²) in [6, 6.07) is 6.41. The van der Waals surface area contributed by atoms with Gasteiger partial charge in [0.25, 0.3) is 0 Å². The molecule has 1 aromatic heterocycles. The molecule has 19 heavy (non-hydrogen) atoms. The highest BCUT2D eigenvalue weighted by Gasteiger charge is 2.14. The zero-order valence-corrected chi connectivity index (χ0v) is 12.3. The topological polar surface area (TPSA) is 42.7 Å². The van der Waals surface area contributed by atoms with E-state index in [0.717, 1.165) is 29.2 Å². The molecule has 0 aliphatic carbocycles. The van der Waals surface area contributed by atoms with Crippen LogP contribution in [0.3, 0.4) is 0 Å². The second kappa shape index (κ2) is 6.17. The summed E-state index contributed by atoms with van der Waals surface area (Å²) in [5.74, 6) is 0. The summed E-state index contributed by atoms with van der Waals surface area (Å²) in [6.07, 6.45) is 2.75. The molecule has 2 rings (SSSR count). The Hall–Kier alpha value is -1.39. The first kappa shape index (κ1) is 14.0. The fourth-order valence-electron chi connectivity index (χ4n) is 2.08. The van der Waals surface area contributed by atoms with Gasteiger partial charge in [0.1, 0.15) is 0 Å². The number of hydrogen-bond donors (Lipinski definition) is 1. The summed E-state index contributed by atoms with van der Waals surface area (Å²) in [5.41, 5.74) is 3.26. The molecule has 1 N–H and O–H groups in total. The van der Waals surface area contributed by atoms with Gasteiger partial charge < -0.3 is 5.32 Å². The van der Waals surface area contributed by atoms with Crippen LogP contribution in [0.4, 0.5) is 0 Å². The molecule has 0 amide bonds. The first-order valence-electron chi connectivity index (χ1n) is 6.44. The number of hydrogen-bond acceptors (Lipinski definition) is 3. The molecule has 1 aromatic carbocycles. The van der Waals surface area contributed by atoms with Crippen LogP contribution < -0.4 is 5.32 Å². The standard InChI is InChI=1S/C14H19ClN4/c1-4-16-14(8-12-9-19(3)18-17-12)11-6-5-10(2)13(15)7-11/h5-7,9,14,16H,4,8H2,1-3H3. The number of aromatic nitrogens is 3. The fourth-order valence-corrected chi connectivity index (χ4v) is 2.27. The van der Waals surface area contributed by atoms with E-state index in [1.54, 1.807) is 4.68 Å². The molecule has 0 saturated carbocycles. The molecule has 4 nitrogen and oxygen atoms in total. The molecule has 2 aromatic rings.